The van der Waals surface area contributed by atoms with Gasteiger partial charge in [-0.2, -0.15) is 0 Å². The number of fused-ring (bicyclic) bond motifs is 1. The Balaban J connectivity index is 1.52. The highest BCUT2D eigenvalue weighted by atomic mass is 19.2. The van der Waals surface area contributed by atoms with Crippen molar-refractivity contribution in [1.29, 1.82) is 0 Å². The maximum Gasteiger partial charge on any atom is 0.349 e. The quantitative estimate of drug-likeness (QED) is 0.102. The first-order valence-corrected chi connectivity index (χ1v) is 10.7. The monoisotopic (exact) mass is 470 g/mol. The van der Waals surface area contributed by atoms with Crippen molar-refractivity contribution in [3.63, 3.8) is 0 Å². The van der Waals surface area contributed by atoms with Gasteiger partial charge in [0.15, 0.2) is 17.5 Å². The number of carbonyl (C=O) groups excluding carboxylic acids is 1. The molecule has 0 saturated heterocycles. The summed E-state index contributed by atoms with van der Waals surface area (Å²) in [4.78, 5) is 12.4. The van der Waals surface area contributed by atoms with Gasteiger partial charge in [-0.1, -0.05) is 17.9 Å². The number of hydrogen-bond acceptors (Lipinski definition) is 2. The van der Waals surface area contributed by atoms with Crippen LogP contribution in [-0.2, 0) is 0 Å². The molecule has 0 radical (unpaired) electrons. The van der Waals surface area contributed by atoms with Gasteiger partial charge in [-0.05, 0) is 73.4 Å². The van der Waals surface area contributed by atoms with E-state index in [-0.39, 0.29) is 28.0 Å². The molecule has 1 saturated carbocycles. The SMILES string of the molecule is C=CC1CCC(C#Cc2cc(F)c(C(=O)Oc3ccc4c(F)c(F)c(F)cc4c3)c(F)c2)CC1. The average Bonchev–Trinajstić information content (AvgIpc) is 2.81. The zero-order valence-electron chi connectivity index (χ0n) is 17.9. The fraction of sp³-hybridized carbons (Fsp3) is 0.222. The van der Waals surface area contributed by atoms with Crippen molar-refractivity contribution in [3.8, 4) is 17.6 Å². The van der Waals surface area contributed by atoms with E-state index in [2.05, 4.69) is 18.4 Å². The third kappa shape index (κ3) is 4.81. The van der Waals surface area contributed by atoms with Crippen molar-refractivity contribution in [2.24, 2.45) is 11.8 Å². The Bertz CT molecular complexity index is 1320. The summed E-state index contributed by atoms with van der Waals surface area (Å²) in [5, 5.41) is -0.327. The van der Waals surface area contributed by atoms with Crippen LogP contribution in [0.4, 0.5) is 22.0 Å². The van der Waals surface area contributed by atoms with Gasteiger partial charge in [-0.3, -0.25) is 0 Å². The maximum absolute atomic E-state index is 14.6. The van der Waals surface area contributed by atoms with Crippen LogP contribution in [0, 0.1) is 52.8 Å². The van der Waals surface area contributed by atoms with Gasteiger partial charge in [-0.25, -0.2) is 26.7 Å². The van der Waals surface area contributed by atoms with Crippen LogP contribution >= 0.6 is 0 Å². The summed E-state index contributed by atoms with van der Waals surface area (Å²) in [6.07, 6.45) is 5.63. The first kappa shape index (κ1) is 23.5. The number of rotatable bonds is 3. The molecule has 4 rings (SSSR count). The van der Waals surface area contributed by atoms with E-state index in [1.165, 1.54) is 0 Å². The van der Waals surface area contributed by atoms with Crippen molar-refractivity contribution in [3.05, 3.63) is 89.3 Å². The van der Waals surface area contributed by atoms with Gasteiger partial charge < -0.3 is 4.74 Å². The molecule has 0 aromatic heterocycles. The van der Waals surface area contributed by atoms with Crippen LogP contribution in [0.15, 0.2) is 49.1 Å². The van der Waals surface area contributed by atoms with E-state index >= 15 is 0 Å². The summed E-state index contributed by atoms with van der Waals surface area (Å²) in [7, 11) is 0. The number of esters is 1. The topological polar surface area (TPSA) is 26.3 Å². The van der Waals surface area contributed by atoms with Gasteiger partial charge >= 0.3 is 5.97 Å². The molecule has 0 aliphatic heterocycles. The number of allylic oxidation sites excluding steroid dienone is 1. The van der Waals surface area contributed by atoms with E-state index < -0.39 is 40.6 Å². The minimum atomic E-state index is -1.63. The summed E-state index contributed by atoms with van der Waals surface area (Å²) in [6.45, 7) is 3.79. The number of carbonyl (C=O) groups is 1. The summed E-state index contributed by atoms with van der Waals surface area (Å²) < 4.78 is 74.8. The Morgan fingerprint density at radius 3 is 2.24 bits per heavy atom. The Hall–Kier alpha value is -3.66. The second-order valence-electron chi connectivity index (χ2n) is 8.19. The molecule has 0 heterocycles. The van der Waals surface area contributed by atoms with Gasteiger partial charge in [0.25, 0.3) is 0 Å². The molecular weight excluding hydrogens is 451 g/mol. The summed E-state index contributed by atoms with van der Waals surface area (Å²) in [6, 6.07) is 5.88. The van der Waals surface area contributed by atoms with Crippen molar-refractivity contribution in [1.82, 2.24) is 0 Å². The third-order valence-corrected chi connectivity index (χ3v) is 5.93. The van der Waals surface area contributed by atoms with Crippen molar-refractivity contribution in [2.75, 3.05) is 0 Å². The van der Waals surface area contributed by atoms with Crippen LogP contribution in [0.3, 0.4) is 0 Å². The largest absolute Gasteiger partial charge is 0.423 e. The highest BCUT2D eigenvalue weighted by Crippen LogP contribution is 2.29. The number of ether oxygens (including phenoxy) is 1. The molecule has 0 amide bonds. The van der Waals surface area contributed by atoms with Gasteiger partial charge in [0.1, 0.15) is 22.9 Å². The highest BCUT2D eigenvalue weighted by molar-refractivity contribution is 5.93. The number of halogens is 5. The Labute approximate surface area is 193 Å². The average molecular weight is 470 g/mol. The summed E-state index contributed by atoms with van der Waals surface area (Å²) in [5.74, 6) is -1.89. The molecule has 3 aromatic rings. The lowest BCUT2D eigenvalue weighted by Crippen LogP contribution is -2.13. The number of benzene rings is 3. The zero-order valence-corrected chi connectivity index (χ0v) is 17.9. The molecule has 0 unspecified atom stereocenters. The minimum Gasteiger partial charge on any atom is -0.423 e. The lowest BCUT2D eigenvalue weighted by atomic mass is 9.82. The molecule has 0 atom stereocenters. The Morgan fingerprint density at radius 2 is 1.59 bits per heavy atom. The smallest absolute Gasteiger partial charge is 0.349 e. The van der Waals surface area contributed by atoms with E-state index in [1.807, 2.05) is 6.08 Å². The lowest BCUT2D eigenvalue weighted by molar-refractivity contribution is 0.0725. The van der Waals surface area contributed by atoms with E-state index in [4.69, 9.17) is 4.74 Å². The lowest BCUT2D eigenvalue weighted by Gasteiger charge is -2.22. The predicted octanol–water partition coefficient (Wildman–Crippen LogP) is 7.10. The number of hydrogen-bond donors (Lipinski definition) is 0. The van der Waals surface area contributed by atoms with Crippen LogP contribution in [0.1, 0.15) is 41.6 Å². The first-order valence-electron chi connectivity index (χ1n) is 10.7. The molecule has 34 heavy (non-hydrogen) atoms. The minimum absolute atomic E-state index is 0.0876. The second kappa shape index (κ2) is 9.68. The van der Waals surface area contributed by atoms with Gasteiger partial charge in [0, 0.05) is 16.9 Å². The first-order chi connectivity index (χ1) is 16.3. The maximum atomic E-state index is 14.6. The summed E-state index contributed by atoms with van der Waals surface area (Å²) in [5.41, 5.74) is -0.829. The van der Waals surface area contributed by atoms with Gasteiger partial charge in [0.05, 0.1) is 0 Å². The van der Waals surface area contributed by atoms with Crippen LogP contribution in [0.25, 0.3) is 10.8 Å². The van der Waals surface area contributed by atoms with E-state index in [0.717, 1.165) is 62.1 Å². The molecule has 1 aliphatic rings. The molecule has 0 bridgehead atoms. The van der Waals surface area contributed by atoms with Gasteiger partial charge in [0.2, 0.25) is 0 Å². The predicted molar refractivity (Wildman–Crippen MR) is 118 cm³/mol. The molecule has 3 aromatic carbocycles. The molecule has 1 aliphatic carbocycles. The Morgan fingerprint density at radius 1 is 0.912 bits per heavy atom. The molecular formula is C27H19F5O2. The molecule has 0 N–H and O–H groups in total. The van der Waals surface area contributed by atoms with Crippen LogP contribution in [0.5, 0.6) is 5.75 Å². The Kier molecular flexibility index (Phi) is 6.69. The zero-order chi connectivity index (χ0) is 24.4. The summed E-state index contributed by atoms with van der Waals surface area (Å²) >= 11 is 0. The third-order valence-electron chi connectivity index (χ3n) is 5.93. The molecule has 7 heteroatoms. The van der Waals surface area contributed by atoms with Gasteiger partial charge in [-0.15, -0.1) is 6.58 Å². The van der Waals surface area contributed by atoms with Crippen LogP contribution < -0.4 is 4.74 Å². The standard InChI is InChI=1S/C27H19F5O2/c1-2-15-3-5-16(6-4-15)7-8-17-11-21(28)24(22(29)12-17)27(33)34-19-9-10-20-18(13-19)14-23(30)26(32)25(20)31/h2,9-16H,1,3-6H2. The normalized spacial score (nSPS) is 17.7. The fourth-order valence-corrected chi connectivity index (χ4v) is 4.03. The van der Waals surface area contributed by atoms with E-state index in [9.17, 15) is 26.7 Å². The highest BCUT2D eigenvalue weighted by Gasteiger charge is 2.22. The van der Waals surface area contributed by atoms with E-state index in [0.29, 0.717) is 5.92 Å². The van der Waals surface area contributed by atoms with Crippen molar-refractivity contribution >= 4 is 16.7 Å². The molecule has 1 fully saturated rings. The van der Waals surface area contributed by atoms with Crippen molar-refractivity contribution in [2.45, 2.75) is 25.7 Å². The van der Waals surface area contributed by atoms with Crippen molar-refractivity contribution < 1.29 is 31.5 Å². The van der Waals surface area contributed by atoms with Crippen LogP contribution in [-0.4, -0.2) is 5.97 Å². The van der Waals surface area contributed by atoms with E-state index in [1.54, 1.807) is 0 Å². The van der Waals surface area contributed by atoms with Crippen LogP contribution in [0.2, 0.25) is 0 Å². The molecule has 0 spiro atoms. The molecule has 174 valence electrons. The molecule has 2 nitrogen and oxygen atoms in total. The second-order valence-corrected chi connectivity index (χ2v) is 8.19. The fourth-order valence-electron chi connectivity index (χ4n) is 4.03.